The van der Waals surface area contributed by atoms with Gasteiger partial charge in [-0.25, -0.2) is 0 Å². The zero-order chi connectivity index (χ0) is 9.52. The number of rotatable bonds is 3. The van der Waals surface area contributed by atoms with Gasteiger partial charge in [0.1, 0.15) is 0 Å². The molecule has 1 rings (SSSR count). The van der Waals surface area contributed by atoms with Crippen molar-refractivity contribution in [1.82, 2.24) is 0 Å². The van der Waals surface area contributed by atoms with E-state index >= 15 is 0 Å². The first kappa shape index (κ1) is 9.53. The second-order valence-electron chi connectivity index (χ2n) is 2.81. The fourth-order valence-electron chi connectivity index (χ4n) is 1.07. The molecule has 0 bridgehead atoms. The summed E-state index contributed by atoms with van der Waals surface area (Å²) in [7, 11) is 0. The van der Waals surface area contributed by atoms with E-state index in [1.54, 1.807) is 6.08 Å². The van der Waals surface area contributed by atoms with Crippen molar-refractivity contribution in [2.45, 2.75) is 6.42 Å². The van der Waals surface area contributed by atoms with Crippen molar-refractivity contribution in [1.29, 1.82) is 0 Å². The van der Waals surface area contributed by atoms with Crippen molar-refractivity contribution >= 4 is 0 Å². The predicted octanol–water partition coefficient (Wildman–Crippen LogP) is 3.73. The third-order valence-corrected chi connectivity index (χ3v) is 1.79. The first-order chi connectivity index (χ1) is 6.34. The highest BCUT2D eigenvalue weighted by atomic mass is 14.0. The van der Waals surface area contributed by atoms with Gasteiger partial charge < -0.3 is 0 Å². The monoisotopic (exact) mass is 170 g/mol. The lowest BCUT2D eigenvalue weighted by Crippen LogP contribution is -1.78. The summed E-state index contributed by atoms with van der Waals surface area (Å²) in [6, 6.07) is 0. The minimum absolute atomic E-state index is 0.998. The van der Waals surface area contributed by atoms with Crippen LogP contribution in [0.4, 0.5) is 0 Å². The van der Waals surface area contributed by atoms with E-state index in [1.165, 1.54) is 0 Å². The van der Waals surface area contributed by atoms with Crippen LogP contribution in [0.1, 0.15) is 6.42 Å². The quantitative estimate of drug-likeness (QED) is 0.566. The SMILES string of the molecule is C=C/C=C\C(=C)C1=CC=CCC=C1. The molecule has 0 atom stereocenters. The van der Waals surface area contributed by atoms with Gasteiger partial charge in [-0.05, 0) is 17.6 Å². The summed E-state index contributed by atoms with van der Waals surface area (Å²) in [6.45, 7) is 7.59. The van der Waals surface area contributed by atoms with E-state index < -0.39 is 0 Å². The van der Waals surface area contributed by atoms with Crippen molar-refractivity contribution in [3.8, 4) is 0 Å². The van der Waals surface area contributed by atoms with E-state index in [0.29, 0.717) is 0 Å². The molecular weight excluding hydrogens is 156 g/mol. The van der Waals surface area contributed by atoms with Crippen LogP contribution in [0.25, 0.3) is 0 Å². The van der Waals surface area contributed by atoms with Crippen molar-refractivity contribution in [3.63, 3.8) is 0 Å². The Morgan fingerprint density at radius 3 is 3.00 bits per heavy atom. The zero-order valence-electron chi connectivity index (χ0n) is 7.74. The van der Waals surface area contributed by atoms with Gasteiger partial charge in [0.25, 0.3) is 0 Å². The Labute approximate surface area is 80.0 Å². The smallest absolute Gasteiger partial charge is 0.0163 e. The molecule has 1 aliphatic carbocycles. The van der Waals surface area contributed by atoms with Crippen LogP contribution in [0, 0.1) is 0 Å². The van der Waals surface area contributed by atoms with Gasteiger partial charge in [0.05, 0.1) is 0 Å². The maximum atomic E-state index is 3.97. The van der Waals surface area contributed by atoms with Gasteiger partial charge in [0, 0.05) is 0 Å². The van der Waals surface area contributed by atoms with Crippen molar-refractivity contribution in [2.75, 3.05) is 0 Å². The summed E-state index contributed by atoms with van der Waals surface area (Å²) in [5.41, 5.74) is 2.18. The van der Waals surface area contributed by atoms with E-state index in [9.17, 15) is 0 Å². The molecule has 0 radical (unpaired) electrons. The van der Waals surface area contributed by atoms with Gasteiger partial charge in [-0.15, -0.1) is 0 Å². The average Bonchev–Trinajstić information content (AvgIpc) is 2.42. The first-order valence-corrected chi connectivity index (χ1v) is 4.36. The Morgan fingerprint density at radius 1 is 1.38 bits per heavy atom. The highest BCUT2D eigenvalue weighted by Crippen LogP contribution is 2.14. The molecular formula is C13H14. The van der Waals surface area contributed by atoms with Crippen LogP contribution in [-0.2, 0) is 0 Å². The summed E-state index contributed by atoms with van der Waals surface area (Å²) in [6.07, 6.45) is 17.1. The van der Waals surface area contributed by atoms with Crippen LogP contribution in [-0.4, -0.2) is 0 Å². The zero-order valence-corrected chi connectivity index (χ0v) is 7.74. The number of hydrogen-bond donors (Lipinski definition) is 0. The van der Waals surface area contributed by atoms with E-state index in [4.69, 9.17) is 0 Å². The summed E-state index contributed by atoms with van der Waals surface area (Å²) >= 11 is 0. The molecule has 0 heterocycles. The van der Waals surface area contributed by atoms with Crippen LogP contribution < -0.4 is 0 Å². The van der Waals surface area contributed by atoms with Crippen molar-refractivity contribution < 1.29 is 0 Å². The highest BCUT2D eigenvalue weighted by molar-refractivity contribution is 5.47. The third kappa shape index (κ3) is 3.12. The molecule has 1 aliphatic rings. The predicted molar refractivity (Wildman–Crippen MR) is 59.5 cm³/mol. The summed E-state index contributed by atoms with van der Waals surface area (Å²) in [5, 5.41) is 0. The number of allylic oxidation sites excluding steroid dienone is 10. The molecule has 0 aromatic rings. The normalized spacial score (nSPS) is 15.5. The van der Waals surface area contributed by atoms with Gasteiger partial charge in [-0.2, -0.15) is 0 Å². The lowest BCUT2D eigenvalue weighted by molar-refractivity contribution is 1.40. The van der Waals surface area contributed by atoms with Crippen molar-refractivity contribution in [2.24, 2.45) is 0 Å². The second-order valence-corrected chi connectivity index (χ2v) is 2.81. The largest absolute Gasteiger partial charge is 0.0991 e. The molecule has 0 unspecified atom stereocenters. The molecule has 0 saturated heterocycles. The molecule has 0 fully saturated rings. The van der Waals surface area contributed by atoms with E-state index in [2.05, 4.69) is 43.5 Å². The minimum Gasteiger partial charge on any atom is -0.0991 e. The maximum Gasteiger partial charge on any atom is -0.0163 e. The molecule has 0 spiro atoms. The van der Waals surface area contributed by atoms with Crippen molar-refractivity contribution in [3.05, 3.63) is 72.9 Å². The molecule has 0 nitrogen and oxygen atoms in total. The van der Waals surface area contributed by atoms with Crippen LogP contribution in [0.3, 0.4) is 0 Å². The molecule has 66 valence electrons. The summed E-state index contributed by atoms with van der Waals surface area (Å²) in [5.74, 6) is 0. The fourth-order valence-corrected chi connectivity index (χ4v) is 1.07. The molecule has 0 aliphatic heterocycles. The van der Waals surface area contributed by atoms with Gasteiger partial charge in [-0.3, -0.25) is 0 Å². The van der Waals surface area contributed by atoms with E-state index in [1.807, 2.05) is 12.2 Å². The Balaban J connectivity index is 2.75. The van der Waals surface area contributed by atoms with Crippen LogP contribution in [0.2, 0.25) is 0 Å². The summed E-state index contributed by atoms with van der Waals surface area (Å²) in [4.78, 5) is 0. The highest BCUT2D eigenvalue weighted by Gasteiger charge is 1.94. The second kappa shape index (κ2) is 5.15. The fraction of sp³-hybridized carbons (Fsp3) is 0.0769. The maximum absolute atomic E-state index is 3.97. The van der Waals surface area contributed by atoms with E-state index in [-0.39, 0.29) is 0 Å². The van der Waals surface area contributed by atoms with Gasteiger partial charge in [0.15, 0.2) is 0 Å². The lowest BCUT2D eigenvalue weighted by atomic mass is 10.1. The topological polar surface area (TPSA) is 0 Å². The molecule has 0 N–H and O–H groups in total. The lowest BCUT2D eigenvalue weighted by Gasteiger charge is -1.98. The van der Waals surface area contributed by atoms with Gasteiger partial charge in [0.2, 0.25) is 0 Å². The summed E-state index contributed by atoms with van der Waals surface area (Å²) < 4.78 is 0. The molecule has 13 heavy (non-hydrogen) atoms. The Hall–Kier alpha value is -1.56. The Bertz CT molecular complexity index is 309. The number of hydrogen-bond acceptors (Lipinski definition) is 0. The van der Waals surface area contributed by atoms with Gasteiger partial charge in [-0.1, -0.05) is 61.8 Å². The average molecular weight is 170 g/mol. The molecule has 0 aromatic carbocycles. The van der Waals surface area contributed by atoms with Crippen LogP contribution in [0.5, 0.6) is 0 Å². The molecule has 0 amide bonds. The Morgan fingerprint density at radius 2 is 2.23 bits per heavy atom. The third-order valence-electron chi connectivity index (χ3n) is 1.79. The van der Waals surface area contributed by atoms with Crippen LogP contribution >= 0.6 is 0 Å². The van der Waals surface area contributed by atoms with Crippen LogP contribution in [0.15, 0.2) is 72.9 Å². The van der Waals surface area contributed by atoms with Gasteiger partial charge >= 0.3 is 0 Å². The standard InChI is InChI=1S/C13H14/c1-3-4-9-12(2)13-10-7-5-6-8-11-13/h3-5,7-11H,1-2,6H2/b9-4-. The first-order valence-electron chi connectivity index (χ1n) is 4.36. The molecule has 0 aromatic heterocycles. The minimum atomic E-state index is 0.998. The molecule has 0 saturated carbocycles. The van der Waals surface area contributed by atoms with E-state index in [0.717, 1.165) is 17.6 Å². The Kier molecular flexibility index (Phi) is 3.77. The molecule has 0 heteroatoms.